The van der Waals surface area contributed by atoms with E-state index in [2.05, 4.69) is 154 Å². The molecule has 0 heterocycles. The number of rotatable bonds is 87. The topological polar surface area (TPSA) is 243 Å². The van der Waals surface area contributed by atoms with Crippen LogP contribution in [0.4, 0.5) is 4.39 Å². The maximum atomic E-state index is 13.5. The van der Waals surface area contributed by atoms with E-state index in [9.17, 15) is 33.0 Å². The zero-order valence-electron chi connectivity index (χ0n) is 90.3. The molecular weight excluding hydrogens is 1760 g/mol. The Morgan fingerprint density at radius 3 is 0.597 bits per heavy atom. The van der Waals surface area contributed by atoms with Gasteiger partial charge in [-0.1, -0.05) is 356 Å². The molecule has 0 bridgehead atoms. The number of hydrogen-bond acceptors (Lipinski definition) is 16. The molecule has 9 unspecified atom stereocenters. The van der Waals surface area contributed by atoms with Gasteiger partial charge < -0.3 is 48.2 Å². The molecule has 9 atom stereocenters. The van der Waals surface area contributed by atoms with Crippen LogP contribution in [0.5, 0.6) is 0 Å². The van der Waals surface area contributed by atoms with Crippen molar-refractivity contribution in [2.24, 2.45) is 32.5 Å². The van der Waals surface area contributed by atoms with E-state index in [0.717, 1.165) is 227 Å². The fourth-order valence-corrected chi connectivity index (χ4v) is 18.8. The maximum Gasteiger partial charge on any atom is 0.472 e. The first-order valence-electron chi connectivity index (χ1n) is 52.2. The first-order valence-corrected chi connectivity index (χ1v) is 56.6. The van der Waals surface area contributed by atoms with E-state index >= 15 is 0 Å². The van der Waals surface area contributed by atoms with Gasteiger partial charge in [0.05, 0.1) is 86.0 Å². The van der Waals surface area contributed by atoms with Gasteiger partial charge in [-0.3, -0.25) is 31.5 Å². The summed E-state index contributed by atoms with van der Waals surface area (Å²) < 4.78 is 112. The minimum Gasteiger partial charge on any atom is -0.388 e. The Bertz CT molecular complexity index is 2080. The molecule has 0 radical (unpaired) electrons. The molecule has 0 aliphatic carbocycles. The predicted octanol–water partition coefficient (Wildman–Crippen LogP) is 33.0. The van der Waals surface area contributed by atoms with Gasteiger partial charge >= 0.3 is 23.5 Å². The molecule has 4 N–H and O–H groups in total. The van der Waals surface area contributed by atoms with Gasteiger partial charge in [0.2, 0.25) is 0 Å². The van der Waals surface area contributed by atoms with E-state index in [1.54, 1.807) is 6.92 Å². The van der Waals surface area contributed by atoms with Crippen molar-refractivity contribution in [1.29, 1.82) is 0 Å². The van der Waals surface area contributed by atoms with Crippen molar-refractivity contribution in [2.45, 2.75) is 517 Å². The van der Waals surface area contributed by atoms with Crippen LogP contribution < -0.4 is 0 Å². The average molecular weight is 2000 g/mol. The summed E-state index contributed by atoms with van der Waals surface area (Å²) in [5, 5.41) is 10.8. The number of unbranched alkanes of at least 4 members (excludes halogenated alkanes) is 18. The second-order valence-electron chi connectivity index (χ2n) is 37.0. The molecule has 0 saturated carbocycles. The van der Waals surface area contributed by atoms with E-state index in [4.69, 9.17) is 51.4 Å². The Morgan fingerprint density at radius 1 is 0.248 bits per heavy atom. The number of aliphatic hydroxyl groups is 1. The van der Waals surface area contributed by atoms with Crippen LogP contribution in [0.25, 0.3) is 0 Å². The summed E-state index contributed by atoms with van der Waals surface area (Å²) in [7, 11) is -10.4. The highest BCUT2D eigenvalue weighted by molar-refractivity contribution is 7.48. The number of aliphatic hydroxyl groups excluding tert-OH is 1. The van der Waals surface area contributed by atoms with Crippen LogP contribution in [-0.4, -0.2) is 152 Å². The molecule has 0 aromatic rings. The molecule has 0 aliphatic rings. The van der Waals surface area contributed by atoms with Gasteiger partial charge in [-0.15, -0.1) is 0 Å². The van der Waals surface area contributed by atoms with Gasteiger partial charge in [-0.05, 0) is 176 Å². The Hall–Kier alpha value is 1.70. The summed E-state index contributed by atoms with van der Waals surface area (Å²) in [6.45, 7) is 54.3. The molecule has 0 aromatic carbocycles. The van der Waals surface area contributed by atoms with Crippen molar-refractivity contribution in [3.63, 3.8) is 0 Å². The standard InChI is InChI=1S/C51H106O12P2.3C16H34O.C2H7O4P.CH3F.4H3P/c1-11-20-29-49(30-21-12-2,31-22-13-3)43-57-38-46(10)62-64(53,54)61-42-48(41-59-45-51(35-26-17-7,36-27-18-8)37-28-19-9)63-65(55,56)60-40-47(52)39-58-44-50(32-23-14-4,33-24-15-5)34-25-16-6;3*1-5-9-12-16(13-10-6-2,14-11-7-3)15-17-8-4;1-5-7(3,4)6-2;1-2;;;;/h46-48,52H,11-45H2,1-10H3,(H,53,54)(H,55,56);3*5-15H2,1-4H3;1-2H3,(H,3,4);1H3;4*1H3. The van der Waals surface area contributed by atoms with Crippen LogP contribution >= 0.6 is 63.1 Å². The molecule has 0 aromatic heterocycles. The van der Waals surface area contributed by atoms with Crippen LogP contribution in [0.15, 0.2) is 0 Å². The lowest BCUT2D eigenvalue weighted by atomic mass is 9.75. The minimum atomic E-state index is -4.82. The monoisotopic (exact) mass is 2000 g/mol. The normalized spacial score (nSPS) is 13.5. The zero-order chi connectivity index (χ0) is 95.8. The number of ether oxygens (including phenoxy) is 6. The quantitative estimate of drug-likeness (QED) is 0.0414. The molecule has 0 spiro atoms. The number of halogens is 1. The van der Waals surface area contributed by atoms with Crippen molar-refractivity contribution in [3.8, 4) is 0 Å². The molecule has 0 fully saturated rings. The number of alkyl halides is 1. The Kier molecular flexibility index (Phi) is 120. The number of phosphoric ester groups is 3. The zero-order valence-corrected chi connectivity index (χ0v) is 98.6. The van der Waals surface area contributed by atoms with E-state index in [-0.39, 0.29) is 75.7 Å². The van der Waals surface area contributed by atoms with E-state index in [1.807, 2.05) is 0 Å². The number of hydrogen-bond donors (Lipinski definition) is 4. The van der Waals surface area contributed by atoms with Crippen LogP contribution in [-0.2, 0) is 69.3 Å². The predicted molar refractivity (Wildman–Crippen MR) is 576 cm³/mol. The van der Waals surface area contributed by atoms with E-state index in [0.29, 0.717) is 43.2 Å². The van der Waals surface area contributed by atoms with Crippen molar-refractivity contribution in [1.82, 2.24) is 0 Å². The SMILES string of the molecule is CCCCC(CCCC)(CCCC)COCC.CCCCC(CCCC)(CCCC)COCC.CCCCC(CCCC)(CCCC)COCC.CCCCC(CCCC)(CCCC)COCC(O)COP(=O)(O)OC(COCC(CCCC)(CCCC)CCCC)COP(=O)(O)OC(C)COCC(CCCC)(CCCC)CCCC.CF.COP(=O)(O)OC.P.P.P.P. The van der Waals surface area contributed by atoms with Crippen molar-refractivity contribution >= 4 is 63.1 Å². The van der Waals surface area contributed by atoms with Crippen LogP contribution in [0, 0.1) is 32.5 Å². The minimum absolute atomic E-state index is 0. The van der Waals surface area contributed by atoms with Crippen molar-refractivity contribution in [3.05, 3.63) is 0 Å². The molecule has 19 nitrogen and oxygen atoms in total. The van der Waals surface area contributed by atoms with E-state index in [1.165, 1.54) is 173 Å². The molecule has 27 heteroatoms. The number of phosphoric acid groups is 3. The summed E-state index contributed by atoms with van der Waals surface area (Å²) in [4.78, 5) is 30.1. The van der Waals surface area contributed by atoms with Gasteiger partial charge in [-0.2, -0.15) is 39.6 Å². The van der Waals surface area contributed by atoms with Crippen LogP contribution in [0.2, 0.25) is 0 Å². The average Bonchev–Trinajstić information content (AvgIpc) is 0.754. The van der Waals surface area contributed by atoms with Crippen molar-refractivity contribution < 1.29 is 93.4 Å². The van der Waals surface area contributed by atoms with Crippen LogP contribution in [0.3, 0.4) is 0 Å². The van der Waals surface area contributed by atoms with Crippen molar-refractivity contribution in [2.75, 3.05) is 114 Å². The Labute approximate surface area is 815 Å². The van der Waals surface area contributed by atoms with Gasteiger partial charge in [0.1, 0.15) is 12.2 Å². The van der Waals surface area contributed by atoms with Gasteiger partial charge in [0.15, 0.2) is 0 Å². The third-order valence-corrected chi connectivity index (χ3v) is 28.1. The smallest absolute Gasteiger partial charge is 0.388 e. The molecular formula is C102H230FO19P7. The van der Waals surface area contributed by atoms with Gasteiger partial charge in [0.25, 0.3) is 0 Å². The lowest BCUT2D eigenvalue weighted by molar-refractivity contribution is -0.0508. The second kappa shape index (κ2) is 103. The summed E-state index contributed by atoms with van der Waals surface area (Å²) in [6.07, 6.45) is 62.4. The summed E-state index contributed by atoms with van der Waals surface area (Å²) >= 11 is 0. The molecule has 0 saturated heterocycles. The summed E-state index contributed by atoms with van der Waals surface area (Å²) in [5.41, 5.74) is 1.49. The third-order valence-electron chi connectivity index (χ3n) is 25.0. The molecule has 0 amide bonds. The molecule has 0 rings (SSSR count). The first-order chi connectivity index (χ1) is 59.9. The van der Waals surface area contributed by atoms with Gasteiger partial charge in [-0.25, -0.2) is 13.7 Å². The lowest BCUT2D eigenvalue weighted by Gasteiger charge is -2.35. The first kappa shape index (κ1) is 151. The highest BCUT2D eigenvalue weighted by Gasteiger charge is 2.38. The fourth-order valence-electron chi connectivity index (χ4n) is 16.8. The Morgan fingerprint density at radius 2 is 0.419 bits per heavy atom. The molecule has 0 aliphatic heterocycles. The van der Waals surface area contributed by atoms with Gasteiger partial charge in [0, 0.05) is 34.0 Å². The van der Waals surface area contributed by atoms with Crippen LogP contribution in [0.1, 0.15) is 499 Å². The maximum absolute atomic E-state index is 13.5. The Balaban J connectivity index is -0.000000221. The lowest BCUT2D eigenvalue weighted by Crippen LogP contribution is -2.32. The highest BCUT2D eigenvalue weighted by Crippen LogP contribution is 2.50. The third kappa shape index (κ3) is 87.2. The second-order valence-corrected chi connectivity index (χ2v) is 41.5. The summed E-state index contributed by atoms with van der Waals surface area (Å²) in [6, 6.07) is 0. The molecule has 129 heavy (non-hydrogen) atoms. The fraction of sp³-hybridized carbons (Fsp3) is 1.00. The molecule has 794 valence electrons. The summed E-state index contributed by atoms with van der Waals surface area (Å²) in [5.74, 6) is 0. The largest absolute Gasteiger partial charge is 0.472 e. The highest BCUT2D eigenvalue weighted by atomic mass is 31.2. The van der Waals surface area contributed by atoms with E-state index < -0.39 is 55.0 Å².